The number of unbranched alkanes of at least 4 members (excludes halogenated alkanes) is 1. The molecule has 0 spiro atoms. The molecule has 0 aliphatic carbocycles. The smallest absolute Gasteiger partial charge is 0.343 e. The van der Waals surface area contributed by atoms with Gasteiger partial charge in [-0.1, -0.05) is 67.4 Å². The molecule has 18 heteroatoms. The third-order valence-corrected chi connectivity index (χ3v) is 10.6. The summed E-state index contributed by atoms with van der Waals surface area (Å²) in [7, 11) is 1.55. The fourth-order valence-electron chi connectivity index (χ4n) is 7.22. The van der Waals surface area contributed by atoms with Crippen LogP contribution in [0.25, 0.3) is 17.3 Å². The summed E-state index contributed by atoms with van der Waals surface area (Å²) in [5.41, 5.74) is 5.17. The Balaban J connectivity index is 1.23. The minimum Gasteiger partial charge on any atom is -0.496 e. The number of methoxy groups -OCH3 is 1. The minimum absolute atomic E-state index is 0.0518. The van der Waals surface area contributed by atoms with Crippen LogP contribution in [-0.4, -0.2) is 45.6 Å². The fourth-order valence-corrected chi connectivity index (χ4v) is 7.39. The van der Waals surface area contributed by atoms with Gasteiger partial charge in [-0.3, -0.25) is 4.68 Å². The van der Waals surface area contributed by atoms with E-state index < -0.39 is 22.1 Å². The van der Waals surface area contributed by atoms with E-state index in [1.54, 1.807) is 98.2 Å². The van der Waals surface area contributed by atoms with Crippen LogP contribution >= 0.6 is 11.6 Å². The number of aryl methyl sites for hydroxylation is 1. The van der Waals surface area contributed by atoms with Crippen LogP contribution in [-0.2, 0) is 53.7 Å². The van der Waals surface area contributed by atoms with Gasteiger partial charge in [0.25, 0.3) is 10.2 Å². The molecule has 1 aliphatic heterocycles. The van der Waals surface area contributed by atoms with Crippen LogP contribution in [0.5, 0.6) is 28.7 Å². The van der Waals surface area contributed by atoms with E-state index in [0.717, 1.165) is 18.4 Å². The number of ether oxygens (including phenoxy) is 5. The lowest BCUT2D eigenvalue weighted by Crippen LogP contribution is -2.14. The van der Waals surface area contributed by atoms with Crippen LogP contribution < -0.4 is 23.7 Å². The Labute approximate surface area is 383 Å². The van der Waals surface area contributed by atoms with Gasteiger partial charge in [0.15, 0.2) is 0 Å². The van der Waals surface area contributed by atoms with Crippen molar-refractivity contribution in [3.05, 3.63) is 179 Å². The second kappa shape index (κ2) is 21.6. The van der Waals surface area contributed by atoms with E-state index in [2.05, 4.69) is 16.6 Å². The molecule has 0 unspecified atom stereocenters. The van der Waals surface area contributed by atoms with Crippen molar-refractivity contribution in [1.82, 2.24) is 9.78 Å². The molecule has 7 rings (SSSR count). The highest BCUT2D eigenvalue weighted by atomic mass is 35.5. The van der Waals surface area contributed by atoms with E-state index >= 15 is 0 Å². The van der Waals surface area contributed by atoms with Gasteiger partial charge < -0.3 is 33.4 Å². The van der Waals surface area contributed by atoms with Crippen LogP contribution in [0, 0.1) is 20.2 Å². The van der Waals surface area contributed by atoms with E-state index in [0.29, 0.717) is 80.9 Å². The van der Waals surface area contributed by atoms with Crippen molar-refractivity contribution in [1.29, 1.82) is 0 Å². The van der Waals surface area contributed by atoms with E-state index in [9.17, 15) is 29.8 Å². The van der Waals surface area contributed by atoms with Gasteiger partial charge in [-0.15, -0.1) is 20.2 Å². The third-order valence-electron chi connectivity index (χ3n) is 10.4. The molecule has 1 aliphatic rings. The molecule has 2 heterocycles. The number of carbonyl (C=O) groups excluding carboxylic acids is 2. The maximum Gasteiger partial charge on any atom is 0.343 e. The molecule has 0 N–H and O–H groups in total. The van der Waals surface area contributed by atoms with Crippen molar-refractivity contribution in [2.45, 2.75) is 59.0 Å². The van der Waals surface area contributed by atoms with Crippen molar-refractivity contribution >= 4 is 29.6 Å². The standard InChI is InChI=1S/C48H43ClN4O13/c1-3-4-18-51-46(42-16-15-38(49)26-45(42)62-30-34-11-5-6-14-41(34)48(55)66-40-13-8-10-32(21-40)29-64-53(58)59)37(27-50-51)23-36(22-35-25-44-33(17-19-61-44)24-43(35)60-2)47(54)65-39-12-7-9-31(20-39)28-63-52(56)57/h5-16,20-21,23-27H,3-4,17-19,22,28-30H2,1-2H3. The Morgan fingerprint density at radius 1 is 0.833 bits per heavy atom. The fraction of sp³-hybridized carbons (Fsp3) is 0.229. The number of halogens is 1. The van der Waals surface area contributed by atoms with E-state index in [1.807, 2.05) is 16.8 Å². The Bertz CT molecular complexity index is 2790. The first-order chi connectivity index (χ1) is 32.0. The van der Waals surface area contributed by atoms with Gasteiger partial charge in [0.1, 0.15) is 48.6 Å². The molecule has 340 valence electrons. The molecule has 0 fully saturated rings. The number of fused-ring (bicyclic) bond motifs is 1. The van der Waals surface area contributed by atoms with Gasteiger partial charge in [-0.05, 0) is 84.3 Å². The summed E-state index contributed by atoms with van der Waals surface area (Å²) in [4.78, 5) is 58.5. The van der Waals surface area contributed by atoms with Crippen LogP contribution in [0.4, 0.5) is 0 Å². The Morgan fingerprint density at radius 3 is 2.24 bits per heavy atom. The molecule has 0 bridgehead atoms. The van der Waals surface area contributed by atoms with Gasteiger partial charge in [0.05, 0.1) is 31.2 Å². The highest BCUT2D eigenvalue weighted by Crippen LogP contribution is 2.38. The SMILES string of the molecule is CCCCn1ncc(C=C(Cc2cc3c(cc2OC)CCO3)C(=O)Oc2cccc(CO[N+](=O)[O-])c2)c1-c1ccc(Cl)cc1OCc1ccccc1C(=O)Oc1cccc(CO[N+](=O)[O-])c1. The number of nitrogens with zero attached hydrogens (tertiary/aromatic N) is 4. The molecule has 6 aromatic rings. The summed E-state index contributed by atoms with van der Waals surface area (Å²) in [6, 6.07) is 28.2. The number of benzene rings is 5. The summed E-state index contributed by atoms with van der Waals surface area (Å²) < 4.78 is 31.6. The van der Waals surface area contributed by atoms with Crippen molar-refractivity contribution in [3.8, 4) is 40.0 Å². The van der Waals surface area contributed by atoms with Gasteiger partial charge in [0.2, 0.25) is 0 Å². The normalized spacial score (nSPS) is 11.8. The number of hydrogen-bond acceptors (Lipinski definition) is 14. The average molecular weight is 919 g/mol. The van der Waals surface area contributed by atoms with Crippen molar-refractivity contribution in [2.75, 3.05) is 13.7 Å². The Morgan fingerprint density at radius 2 is 1.55 bits per heavy atom. The molecule has 0 saturated heterocycles. The first-order valence-electron chi connectivity index (χ1n) is 20.7. The summed E-state index contributed by atoms with van der Waals surface area (Å²) in [6.07, 6.45) is 5.76. The molecule has 66 heavy (non-hydrogen) atoms. The van der Waals surface area contributed by atoms with Crippen molar-refractivity contribution < 1.29 is 53.1 Å². The van der Waals surface area contributed by atoms with Crippen LogP contribution in [0.2, 0.25) is 5.02 Å². The number of hydrogen-bond donors (Lipinski definition) is 0. The number of aromatic nitrogens is 2. The highest BCUT2D eigenvalue weighted by molar-refractivity contribution is 6.30. The third kappa shape index (κ3) is 11.8. The summed E-state index contributed by atoms with van der Waals surface area (Å²) in [6.45, 7) is 2.35. The lowest BCUT2D eigenvalue weighted by atomic mass is 9.98. The largest absolute Gasteiger partial charge is 0.496 e. The van der Waals surface area contributed by atoms with Gasteiger partial charge in [0, 0.05) is 57.8 Å². The lowest BCUT2D eigenvalue weighted by molar-refractivity contribution is -0.763. The predicted molar refractivity (Wildman–Crippen MR) is 239 cm³/mol. The first kappa shape index (κ1) is 46.1. The zero-order chi connectivity index (χ0) is 46.6. The quantitative estimate of drug-likeness (QED) is 0.0217. The molecule has 1 aromatic heterocycles. The molecular weight excluding hydrogens is 876 g/mol. The van der Waals surface area contributed by atoms with E-state index in [4.69, 9.17) is 40.4 Å². The van der Waals surface area contributed by atoms with Crippen molar-refractivity contribution in [3.63, 3.8) is 0 Å². The summed E-state index contributed by atoms with van der Waals surface area (Å²) in [5.74, 6) is 0.534. The maximum absolute atomic E-state index is 14.4. The van der Waals surface area contributed by atoms with Gasteiger partial charge >= 0.3 is 11.9 Å². The predicted octanol–water partition coefficient (Wildman–Crippen LogP) is 9.39. The zero-order valence-corrected chi connectivity index (χ0v) is 36.6. The Hall–Kier alpha value is -7.92. The number of rotatable bonds is 21. The van der Waals surface area contributed by atoms with Crippen molar-refractivity contribution in [2.24, 2.45) is 0 Å². The minimum atomic E-state index is -0.902. The molecule has 0 radical (unpaired) electrons. The molecular formula is C48H43ClN4O13. The number of carbonyl (C=O) groups is 2. The van der Waals surface area contributed by atoms with Crippen LogP contribution in [0.15, 0.2) is 115 Å². The van der Waals surface area contributed by atoms with Crippen LogP contribution in [0.1, 0.15) is 63.5 Å². The number of esters is 2. The van der Waals surface area contributed by atoms with Gasteiger partial charge in [-0.2, -0.15) is 5.10 Å². The van der Waals surface area contributed by atoms with Gasteiger partial charge in [-0.25, -0.2) is 9.59 Å². The molecule has 0 saturated carbocycles. The average Bonchev–Trinajstić information content (AvgIpc) is 3.94. The maximum atomic E-state index is 14.4. The first-order valence-corrected chi connectivity index (χ1v) is 21.1. The Kier molecular flexibility index (Phi) is 15.1. The summed E-state index contributed by atoms with van der Waals surface area (Å²) in [5, 5.41) is 24.9. The second-order valence-corrected chi connectivity index (χ2v) is 15.3. The van der Waals surface area contributed by atoms with E-state index in [1.165, 1.54) is 12.1 Å². The monoisotopic (exact) mass is 918 g/mol. The van der Waals surface area contributed by atoms with Crippen LogP contribution in [0.3, 0.4) is 0 Å². The zero-order valence-electron chi connectivity index (χ0n) is 35.8. The summed E-state index contributed by atoms with van der Waals surface area (Å²) >= 11 is 6.60. The topological polar surface area (TPSA) is 203 Å². The highest BCUT2D eigenvalue weighted by Gasteiger charge is 2.24. The molecule has 17 nitrogen and oxygen atoms in total. The molecule has 0 amide bonds. The lowest BCUT2D eigenvalue weighted by Gasteiger charge is -2.17. The van der Waals surface area contributed by atoms with E-state index in [-0.39, 0.29) is 48.9 Å². The molecule has 0 atom stereocenters. The second-order valence-electron chi connectivity index (χ2n) is 14.9. The molecule has 5 aromatic carbocycles.